The molecule has 1 saturated heterocycles. The van der Waals surface area contributed by atoms with Crippen LogP contribution in [-0.4, -0.2) is 24.3 Å². The predicted octanol–water partition coefficient (Wildman–Crippen LogP) is 2.32. The molecule has 0 amide bonds. The molecule has 4 nitrogen and oxygen atoms in total. The maximum Gasteiger partial charge on any atom is 0.311 e. The molecule has 1 aromatic carbocycles. The first-order chi connectivity index (χ1) is 10.0. The first-order valence-electron chi connectivity index (χ1n) is 7.44. The molecule has 0 bridgehead atoms. The molecule has 1 heterocycles. The zero-order valence-electron chi connectivity index (χ0n) is 12.7. The van der Waals surface area contributed by atoms with Gasteiger partial charge in [-0.15, -0.1) is 0 Å². The molecule has 1 N–H and O–H groups in total. The standard InChI is InChI=1S/C17H23NO3/c1-17(2)15(14(11-18-17)9-6-10-19)16(20)21-12-13-7-4-3-5-8-13/h3-5,7-8,10,14-15,18H,6,9,11-12H2,1-2H3/t14?,15-/m1/s1. The van der Waals surface area contributed by atoms with Crippen molar-refractivity contribution in [2.45, 2.75) is 38.8 Å². The van der Waals surface area contributed by atoms with Crippen LogP contribution in [0.1, 0.15) is 32.3 Å². The zero-order chi connectivity index (χ0) is 15.3. The number of hydrogen-bond donors (Lipinski definition) is 1. The Morgan fingerprint density at radius 3 is 2.76 bits per heavy atom. The minimum absolute atomic E-state index is 0.161. The van der Waals surface area contributed by atoms with Crippen LogP contribution in [0, 0.1) is 11.8 Å². The van der Waals surface area contributed by atoms with Gasteiger partial charge in [-0.3, -0.25) is 4.79 Å². The molecule has 2 atom stereocenters. The van der Waals surface area contributed by atoms with Crippen molar-refractivity contribution in [3.63, 3.8) is 0 Å². The summed E-state index contributed by atoms with van der Waals surface area (Å²) in [6.07, 6.45) is 2.13. The Labute approximate surface area is 125 Å². The third-order valence-corrected chi connectivity index (χ3v) is 4.20. The summed E-state index contributed by atoms with van der Waals surface area (Å²) in [6.45, 7) is 5.09. The lowest BCUT2D eigenvalue weighted by molar-refractivity contribution is -0.153. The van der Waals surface area contributed by atoms with E-state index in [4.69, 9.17) is 4.74 Å². The topological polar surface area (TPSA) is 55.4 Å². The van der Waals surface area contributed by atoms with Crippen LogP contribution in [0.4, 0.5) is 0 Å². The molecule has 0 saturated carbocycles. The van der Waals surface area contributed by atoms with Crippen molar-refractivity contribution in [1.82, 2.24) is 5.32 Å². The highest BCUT2D eigenvalue weighted by Crippen LogP contribution is 2.34. The Balaban J connectivity index is 1.98. The fourth-order valence-corrected chi connectivity index (χ4v) is 3.07. The van der Waals surface area contributed by atoms with Crippen LogP contribution in [0.25, 0.3) is 0 Å². The van der Waals surface area contributed by atoms with E-state index in [-0.39, 0.29) is 23.3 Å². The van der Waals surface area contributed by atoms with Crippen molar-refractivity contribution in [1.29, 1.82) is 0 Å². The van der Waals surface area contributed by atoms with E-state index in [0.29, 0.717) is 13.0 Å². The smallest absolute Gasteiger partial charge is 0.311 e. The van der Waals surface area contributed by atoms with Crippen molar-refractivity contribution >= 4 is 12.3 Å². The van der Waals surface area contributed by atoms with E-state index in [2.05, 4.69) is 5.32 Å². The fraction of sp³-hybridized carbons (Fsp3) is 0.529. The Kier molecular flexibility index (Phi) is 5.12. The first kappa shape index (κ1) is 15.7. The number of carbonyl (C=O) groups is 2. The second-order valence-electron chi connectivity index (χ2n) is 6.18. The number of hydrogen-bond acceptors (Lipinski definition) is 4. The van der Waals surface area contributed by atoms with Crippen LogP contribution in [0.15, 0.2) is 30.3 Å². The van der Waals surface area contributed by atoms with Gasteiger partial charge < -0.3 is 14.8 Å². The Morgan fingerprint density at radius 1 is 1.38 bits per heavy atom. The van der Waals surface area contributed by atoms with Gasteiger partial charge in [0.1, 0.15) is 12.9 Å². The molecule has 1 fully saturated rings. The highest BCUT2D eigenvalue weighted by Gasteiger charge is 2.46. The van der Waals surface area contributed by atoms with E-state index in [9.17, 15) is 9.59 Å². The van der Waals surface area contributed by atoms with Gasteiger partial charge in [-0.05, 0) is 38.3 Å². The minimum atomic E-state index is -0.290. The van der Waals surface area contributed by atoms with Gasteiger partial charge in [-0.25, -0.2) is 0 Å². The molecular weight excluding hydrogens is 266 g/mol. The average molecular weight is 289 g/mol. The van der Waals surface area contributed by atoms with Crippen LogP contribution in [-0.2, 0) is 20.9 Å². The lowest BCUT2D eigenvalue weighted by Gasteiger charge is -2.28. The molecule has 0 aromatic heterocycles. The quantitative estimate of drug-likeness (QED) is 0.645. The summed E-state index contributed by atoms with van der Waals surface area (Å²) < 4.78 is 5.49. The summed E-state index contributed by atoms with van der Waals surface area (Å²) in [6, 6.07) is 9.67. The van der Waals surface area contributed by atoms with Gasteiger partial charge >= 0.3 is 5.97 Å². The highest BCUT2D eigenvalue weighted by atomic mass is 16.5. The summed E-state index contributed by atoms with van der Waals surface area (Å²) in [5, 5.41) is 3.37. The van der Waals surface area contributed by atoms with Crippen LogP contribution >= 0.6 is 0 Å². The highest BCUT2D eigenvalue weighted by molar-refractivity contribution is 5.75. The van der Waals surface area contributed by atoms with Crippen LogP contribution in [0.3, 0.4) is 0 Å². The number of esters is 1. The van der Waals surface area contributed by atoms with Gasteiger partial charge in [-0.2, -0.15) is 0 Å². The van der Waals surface area contributed by atoms with E-state index in [1.165, 1.54) is 0 Å². The molecule has 0 aliphatic carbocycles. The molecule has 2 rings (SSSR count). The van der Waals surface area contributed by atoms with E-state index >= 15 is 0 Å². The lowest BCUT2D eigenvalue weighted by Crippen LogP contribution is -2.43. The summed E-state index contributed by atoms with van der Waals surface area (Å²) in [5.74, 6) is -0.223. The molecule has 4 heteroatoms. The molecule has 114 valence electrons. The van der Waals surface area contributed by atoms with Crippen molar-refractivity contribution in [3.8, 4) is 0 Å². The summed E-state index contributed by atoms with van der Waals surface area (Å²) in [7, 11) is 0. The molecule has 1 unspecified atom stereocenters. The minimum Gasteiger partial charge on any atom is -0.461 e. The third kappa shape index (κ3) is 3.91. The second kappa shape index (κ2) is 6.85. The van der Waals surface area contributed by atoms with Gasteiger partial charge in [-0.1, -0.05) is 30.3 Å². The number of carbonyl (C=O) groups excluding carboxylic acids is 2. The van der Waals surface area contributed by atoms with Crippen LogP contribution in [0.2, 0.25) is 0 Å². The van der Waals surface area contributed by atoms with Crippen molar-refractivity contribution in [2.24, 2.45) is 11.8 Å². The van der Waals surface area contributed by atoms with E-state index < -0.39 is 0 Å². The predicted molar refractivity (Wildman–Crippen MR) is 80.6 cm³/mol. The number of aldehydes is 1. The summed E-state index contributed by atoms with van der Waals surface area (Å²) >= 11 is 0. The maximum atomic E-state index is 12.5. The first-order valence-corrected chi connectivity index (χ1v) is 7.44. The maximum absolute atomic E-state index is 12.5. The normalized spacial score (nSPS) is 23.7. The number of nitrogens with one attached hydrogen (secondary N) is 1. The molecule has 1 aromatic rings. The van der Waals surface area contributed by atoms with Gasteiger partial charge in [0.2, 0.25) is 0 Å². The van der Waals surface area contributed by atoms with Gasteiger partial charge in [0.15, 0.2) is 0 Å². The van der Waals surface area contributed by atoms with E-state index in [0.717, 1.165) is 24.8 Å². The Bertz CT molecular complexity index is 484. The molecular formula is C17H23NO3. The Morgan fingerprint density at radius 2 is 2.10 bits per heavy atom. The number of benzene rings is 1. The molecule has 21 heavy (non-hydrogen) atoms. The number of ether oxygens (including phenoxy) is 1. The molecule has 0 radical (unpaired) electrons. The lowest BCUT2D eigenvalue weighted by atomic mass is 9.80. The largest absolute Gasteiger partial charge is 0.461 e. The van der Waals surface area contributed by atoms with Crippen LogP contribution in [0.5, 0.6) is 0 Å². The fourth-order valence-electron chi connectivity index (χ4n) is 3.07. The van der Waals surface area contributed by atoms with Crippen molar-refractivity contribution in [2.75, 3.05) is 6.54 Å². The van der Waals surface area contributed by atoms with Crippen molar-refractivity contribution < 1.29 is 14.3 Å². The zero-order valence-corrected chi connectivity index (χ0v) is 12.7. The van der Waals surface area contributed by atoms with E-state index in [1.807, 2.05) is 44.2 Å². The van der Waals surface area contributed by atoms with Gasteiger partial charge in [0.05, 0.1) is 5.92 Å². The monoisotopic (exact) mass is 289 g/mol. The Hall–Kier alpha value is -1.68. The van der Waals surface area contributed by atoms with Crippen molar-refractivity contribution in [3.05, 3.63) is 35.9 Å². The van der Waals surface area contributed by atoms with E-state index in [1.54, 1.807) is 0 Å². The molecule has 1 aliphatic rings. The summed E-state index contributed by atoms with van der Waals surface area (Å²) in [5.41, 5.74) is 0.695. The van der Waals surface area contributed by atoms with Gasteiger partial charge in [0, 0.05) is 12.0 Å². The summed E-state index contributed by atoms with van der Waals surface area (Å²) in [4.78, 5) is 23.0. The van der Waals surface area contributed by atoms with Gasteiger partial charge in [0.25, 0.3) is 0 Å². The molecule has 1 aliphatic heterocycles. The SMILES string of the molecule is CC1(C)NCC(CCC=O)[C@@H]1C(=O)OCc1ccccc1. The third-order valence-electron chi connectivity index (χ3n) is 4.20. The molecule has 0 spiro atoms. The number of rotatable bonds is 6. The average Bonchev–Trinajstić information content (AvgIpc) is 2.78. The van der Waals surface area contributed by atoms with Crippen LogP contribution < -0.4 is 5.32 Å². The second-order valence-corrected chi connectivity index (χ2v) is 6.18.